The molecule has 8 aliphatic rings. The molecule has 5 fully saturated rings. The molecule has 8 bridgehead atoms. The van der Waals surface area contributed by atoms with Crippen molar-refractivity contribution < 1.29 is 60.1 Å². The number of ether oxygens (including phenoxy) is 6. The zero-order valence-corrected chi connectivity index (χ0v) is 65.9. The highest BCUT2D eigenvalue weighted by Crippen LogP contribution is 2.50. The van der Waals surface area contributed by atoms with Gasteiger partial charge in [-0.2, -0.15) is 0 Å². The Morgan fingerprint density at radius 3 is 1.67 bits per heavy atom. The van der Waals surface area contributed by atoms with Crippen LogP contribution in [0.1, 0.15) is 194 Å². The minimum atomic E-state index is -2.61. The molecule has 0 spiro atoms. The quantitative estimate of drug-likeness (QED) is 0.121. The summed E-state index contributed by atoms with van der Waals surface area (Å²) in [7, 11) is -10.4. The van der Waals surface area contributed by atoms with Crippen molar-refractivity contribution in [2.75, 3.05) is 13.7 Å². The predicted octanol–water partition coefficient (Wildman–Crippen LogP) is 17.5. The van der Waals surface area contributed by atoms with Crippen LogP contribution in [0.4, 0.5) is 0 Å². The fourth-order valence-corrected chi connectivity index (χ4v) is 18.4. The molecule has 0 aliphatic carbocycles. The molecule has 4 unspecified atom stereocenters. The molecule has 8 rings (SSSR count). The molecule has 8 heterocycles. The van der Waals surface area contributed by atoms with E-state index in [1.165, 1.54) is 0 Å². The van der Waals surface area contributed by atoms with Crippen molar-refractivity contribution in [1.82, 2.24) is 0 Å². The average molecular weight is 1320 g/mol. The normalized spacial score (nSPS) is 33.4. The maximum atomic E-state index is 15.4. The first kappa shape index (κ1) is 76.1. The Kier molecular flexibility index (Phi) is 24.5. The van der Waals surface area contributed by atoms with Crippen molar-refractivity contribution in [3.63, 3.8) is 0 Å². The molecule has 0 amide bonds. The first-order valence-corrected chi connectivity index (χ1v) is 48.8. The van der Waals surface area contributed by atoms with Crippen molar-refractivity contribution in [2.24, 2.45) is 11.8 Å². The number of carbonyl (C=O) groups is 2. The summed E-state index contributed by atoms with van der Waals surface area (Å²) in [4.78, 5) is 29.7. The number of hydrogen-bond donors (Lipinski definition) is 0. The first-order chi connectivity index (χ1) is 40.0. The summed E-state index contributed by atoms with van der Waals surface area (Å²) in [6, 6.07) is 0. The van der Waals surface area contributed by atoms with E-state index in [-0.39, 0.29) is 111 Å². The fraction of sp³-hybridized carbons (Fsp3) is 0.886. The van der Waals surface area contributed by atoms with Gasteiger partial charge in [0.15, 0.2) is 33.3 Å². The molecule has 0 aromatic carbocycles. The maximum Gasteiger partial charge on any atom is 0.250 e. The summed E-state index contributed by atoms with van der Waals surface area (Å²) in [6.07, 6.45) is 4.08. The van der Waals surface area contributed by atoms with Crippen molar-refractivity contribution in [3.05, 3.63) is 36.1 Å². The second kappa shape index (κ2) is 28.4. The van der Waals surface area contributed by atoms with Crippen LogP contribution in [0.5, 0.6) is 0 Å². The van der Waals surface area contributed by atoms with E-state index in [4.69, 9.17) is 50.6 Å². The van der Waals surface area contributed by atoms with Gasteiger partial charge >= 0.3 is 0 Å². The second-order valence-electron chi connectivity index (χ2n) is 35.5. The van der Waals surface area contributed by atoms with Crippen molar-refractivity contribution >= 4 is 53.2 Å². The summed E-state index contributed by atoms with van der Waals surface area (Å²) < 4.78 is 80.2. The van der Waals surface area contributed by atoms with Gasteiger partial charge in [-0.3, -0.25) is 9.59 Å². The molecule has 0 saturated carbocycles. The van der Waals surface area contributed by atoms with Gasteiger partial charge in [-0.15, -0.1) is 0 Å². The molecular weight excluding hydrogens is 1190 g/mol. The van der Waals surface area contributed by atoms with Gasteiger partial charge in [-0.25, -0.2) is 0 Å². The van der Waals surface area contributed by atoms with E-state index in [9.17, 15) is 4.79 Å². The number of fused-ring (bicyclic) bond motifs is 2. The topological polar surface area (TPSA) is 136 Å². The van der Waals surface area contributed by atoms with E-state index in [0.29, 0.717) is 50.9 Å². The molecule has 88 heavy (non-hydrogen) atoms. The van der Waals surface area contributed by atoms with Crippen LogP contribution in [-0.4, -0.2) is 152 Å². The molecule has 508 valence electrons. The van der Waals surface area contributed by atoms with Crippen LogP contribution in [0.25, 0.3) is 0 Å². The number of Topliss-reactive ketones (excluding diaryl/α,β-unsaturated/α-hetero) is 2. The average Bonchev–Trinajstić information content (AvgIpc) is 3.91. The lowest BCUT2D eigenvalue weighted by Gasteiger charge is -2.55. The third kappa shape index (κ3) is 18.5. The van der Waals surface area contributed by atoms with Gasteiger partial charge < -0.3 is 50.6 Å². The molecular formula is C70H130O13Si5. The zero-order chi connectivity index (χ0) is 66.5. The van der Waals surface area contributed by atoms with E-state index >= 15 is 4.79 Å². The summed E-state index contributed by atoms with van der Waals surface area (Å²) >= 11 is 0. The van der Waals surface area contributed by atoms with Gasteiger partial charge in [0.05, 0.1) is 67.6 Å². The number of hydrogen-bond acceptors (Lipinski definition) is 13. The van der Waals surface area contributed by atoms with Crippen LogP contribution in [-0.2, 0) is 60.1 Å². The van der Waals surface area contributed by atoms with E-state index in [1.54, 1.807) is 7.11 Å². The number of methoxy groups -OCH3 is 1. The van der Waals surface area contributed by atoms with Crippen LogP contribution < -0.4 is 0 Å². The number of carbonyl (C=O) groups excluding carboxylic acids is 2. The highest BCUT2D eigenvalue weighted by molar-refractivity contribution is 6.76. The Bertz CT molecular complexity index is 2420. The standard InChI is InChI=1S/C70H130O13Si5/c1-45-38-51-33-36-55-46(2)39-50(75-55)32-30-48(71)31-35-57(81-86(24,25)68(10,11)12)63-65(83-88(28,29)70(16,17)18)64(82-87(26,27)69(13,14)15)62-56(79-63)37-34-52(77-62)40-49(72)41-54-59(43-58(76-51)47(45)3)78-60(61(54)73-19)42-53(80-85(22,23)67(7,8)9)44-74-84(20,21)66(4,5)6/h35,45,50-56,58-65H,2-3,30-34,36-44H2,1,4-29H3/t45-,50+,51+,52?,53+,54+,55?,56+,58?,59+,60?,61-,62+,63+,64+,65-/m1/s1. The molecule has 13 nitrogen and oxygen atoms in total. The molecule has 0 aromatic rings. The number of ketones is 2. The van der Waals surface area contributed by atoms with Gasteiger partial charge in [-0.05, 0) is 159 Å². The third-order valence-electron chi connectivity index (χ3n) is 23.5. The van der Waals surface area contributed by atoms with E-state index in [1.807, 2.05) is 6.08 Å². The van der Waals surface area contributed by atoms with Gasteiger partial charge in [0.2, 0.25) is 8.32 Å². The van der Waals surface area contributed by atoms with Gasteiger partial charge in [-0.1, -0.05) is 124 Å². The molecule has 0 N–H and O–H groups in total. The molecule has 16 atom stereocenters. The van der Waals surface area contributed by atoms with Crippen LogP contribution in [0, 0.1) is 11.8 Å². The van der Waals surface area contributed by atoms with Crippen LogP contribution in [0.2, 0.25) is 90.7 Å². The largest absolute Gasteiger partial charge is 0.545 e. The summed E-state index contributed by atoms with van der Waals surface area (Å²) in [5.74, 6) is 0.822. The summed E-state index contributed by atoms with van der Waals surface area (Å²) in [5, 5.41) is -0.491. The van der Waals surface area contributed by atoms with Crippen molar-refractivity contribution in [2.45, 2.75) is 370 Å². The lowest BCUT2D eigenvalue weighted by molar-refractivity contribution is -0.253. The molecule has 0 radical (unpaired) electrons. The minimum absolute atomic E-state index is 0.0185. The third-order valence-corrected chi connectivity index (χ3v) is 45.8. The first-order valence-electron chi connectivity index (χ1n) is 34.2. The van der Waals surface area contributed by atoms with Crippen LogP contribution in [0.3, 0.4) is 0 Å². The van der Waals surface area contributed by atoms with Gasteiger partial charge in [0.1, 0.15) is 41.7 Å². The summed E-state index contributed by atoms with van der Waals surface area (Å²) in [6.45, 7) is 68.9. The van der Waals surface area contributed by atoms with Crippen LogP contribution >= 0.6 is 0 Å². The summed E-state index contributed by atoms with van der Waals surface area (Å²) in [5.41, 5.74) is 2.14. The van der Waals surface area contributed by atoms with Gasteiger partial charge in [0.25, 0.3) is 0 Å². The highest BCUT2D eigenvalue weighted by atomic mass is 28.4. The fourth-order valence-electron chi connectivity index (χ4n) is 12.4. The number of allylic oxidation sites excluding steroid dienone is 1. The van der Waals surface area contributed by atoms with Crippen molar-refractivity contribution in [3.8, 4) is 0 Å². The molecule has 0 aromatic heterocycles. The molecule has 18 heteroatoms. The lowest BCUT2D eigenvalue weighted by atomic mass is 9.81. The number of rotatable bonds is 14. The predicted molar refractivity (Wildman–Crippen MR) is 371 cm³/mol. The lowest BCUT2D eigenvalue weighted by Crippen LogP contribution is -2.67. The Morgan fingerprint density at radius 2 is 1.10 bits per heavy atom. The van der Waals surface area contributed by atoms with E-state index < -0.39 is 84.3 Å². The van der Waals surface area contributed by atoms with Crippen LogP contribution in [0.15, 0.2) is 36.1 Å². The second-order valence-corrected chi connectivity index (χ2v) is 59.3. The van der Waals surface area contributed by atoms with Gasteiger partial charge in [0, 0.05) is 51.6 Å². The van der Waals surface area contributed by atoms with Crippen molar-refractivity contribution in [1.29, 1.82) is 0 Å². The van der Waals surface area contributed by atoms with E-state index in [0.717, 1.165) is 36.8 Å². The van der Waals surface area contributed by atoms with E-state index in [2.05, 4.69) is 189 Å². The Balaban J connectivity index is 1.45. The monoisotopic (exact) mass is 1320 g/mol. The Hall–Kier alpha value is -0.956. The smallest absolute Gasteiger partial charge is 0.250 e. The SMILES string of the molecule is C=C1C[C@@H]2CCC(=O)CC=C(O[Si](C)(C)C(C)(C)C)[C@@H]3O[C@H]4CCC(CC(=O)C[C@H]5[C@H](CC6O[C@@H](CCC1O2)C[C@@H](C)C6=C)OC(C[C@@H](CO[Si](C)(C)C(C)(C)C)O[Si](C)(C)C(C)(C)C)[C@@H]5OC)O[C@@H]4[C@H](O[Si](C)(C)C(C)(C)C)[C@@H]3O[Si](C)(C)C(C)(C)C. The highest BCUT2D eigenvalue weighted by Gasteiger charge is 2.58. The minimum Gasteiger partial charge on any atom is -0.545 e. The zero-order valence-electron chi connectivity index (χ0n) is 60.9. The molecule has 8 aliphatic heterocycles. The Labute approximate surface area is 542 Å². The maximum absolute atomic E-state index is 15.4. The Morgan fingerprint density at radius 1 is 0.557 bits per heavy atom. The molecule has 5 saturated heterocycles.